The van der Waals surface area contributed by atoms with Crippen molar-refractivity contribution < 1.29 is 29.1 Å². The van der Waals surface area contributed by atoms with Gasteiger partial charge in [-0.2, -0.15) is 0 Å². The SMILES string of the molecule is Cc1cc(COc2ccc(C(=O)NC3(CC(=O)NO)CCN(C(C)(C)C(=O)OC(C)(C)C)CC3)cc2)c2ccccc2n1. The molecule has 0 aliphatic carbocycles. The number of benzene rings is 2. The lowest BCUT2D eigenvalue weighted by molar-refractivity contribution is -0.169. The highest BCUT2D eigenvalue weighted by Crippen LogP contribution is 2.32. The van der Waals surface area contributed by atoms with Crippen molar-refractivity contribution in [3.05, 3.63) is 71.4 Å². The Morgan fingerprint density at radius 2 is 1.65 bits per heavy atom. The van der Waals surface area contributed by atoms with Gasteiger partial charge in [0.1, 0.15) is 23.5 Å². The molecule has 2 heterocycles. The number of amides is 2. The molecule has 3 aromatic rings. The summed E-state index contributed by atoms with van der Waals surface area (Å²) in [7, 11) is 0. The molecule has 1 aliphatic rings. The average molecular weight is 591 g/mol. The molecule has 1 fully saturated rings. The van der Waals surface area contributed by atoms with E-state index in [1.165, 1.54) is 0 Å². The summed E-state index contributed by atoms with van der Waals surface area (Å²) in [6.45, 7) is 12.3. The molecule has 0 bridgehead atoms. The van der Waals surface area contributed by atoms with Gasteiger partial charge in [-0.1, -0.05) is 18.2 Å². The summed E-state index contributed by atoms with van der Waals surface area (Å²) >= 11 is 0. The minimum Gasteiger partial charge on any atom is -0.489 e. The van der Waals surface area contributed by atoms with Gasteiger partial charge in [0.15, 0.2) is 0 Å². The number of hydroxylamine groups is 1. The number of carbonyl (C=O) groups excluding carboxylic acids is 3. The minimum absolute atomic E-state index is 0.101. The molecule has 3 N–H and O–H groups in total. The molecule has 4 rings (SSSR count). The van der Waals surface area contributed by atoms with Gasteiger partial charge >= 0.3 is 5.97 Å². The second-order valence-corrected chi connectivity index (χ2v) is 12.7. The predicted octanol–water partition coefficient (Wildman–Crippen LogP) is 4.70. The molecule has 43 heavy (non-hydrogen) atoms. The number of aromatic nitrogens is 1. The van der Waals surface area contributed by atoms with E-state index in [-0.39, 0.29) is 18.3 Å². The zero-order valence-electron chi connectivity index (χ0n) is 25.8. The van der Waals surface area contributed by atoms with Crippen molar-refractivity contribution >= 4 is 28.7 Å². The van der Waals surface area contributed by atoms with Gasteiger partial charge in [-0.05, 0) is 90.8 Å². The summed E-state index contributed by atoms with van der Waals surface area (Å²) in [6.07, 6.45) is 0.703. The van der Waals surface area contributed by atoms with Crippen LogP contribution in [0.3, 0.4) is 0 Å². The molecule has 0 saturated carbocycles. The number of ether oxygens (including phenoxy) is 2. The summed E-state index contributed by atoms with van der Waals surface area (Å²) in [6, 6.07) is 16.8. The van der Waals surface area contributed by atoms with E-state index in [1.807, 2.05) is 76.8 Å². The van der Waals surface area contributed by atoms with E-state index in [2.05, 4.69) is 10.3 Å². The first-order valence-corrected chi connectivity index (χ1v) is 14.5. The molecule has 0 radical (unpaired) electrons. The fourth-order valence-corrected chi connectivity index (χ4v) is 5.41. The Balaban J connectivity index is 1.42. The van der Waals surface area contributed by atoms with E-state index in [0.717, 1.165) is 22.2 Å². The van der Waals surface area contributed by atoms with Crippen molar-refractivity contribution in [1.29, 1.82) is 0 Å². The zero-order valence-corrected chi connectivity index (χ0v) is 25.8. The summed E-state index contributed by atoms with van der Waals surface area (Å²) in [4.78, 5) is 45.1. The van der Waals surface area contributed by atoms with Gasteiger partial charge in [-0.25, -0.2) is 5.48 Å². The first-order chi connectivity index (χ1) is 20.2. The molecule has 0 spiro atoms. The van der Waals surface area contributed by atoms with Crippen molar-refractivity contribution in [2.45, 2.75) is 84.1 Å². The van der Waals surface area contributed by atoms with Crippen LogP contribution < -0.4 is 15.5 Å². The van der Waals surface area contributed by atoms with Crippen molar-refractivity contribution in [2.24, 2.45) is 0 Å². The molecule has 0 unspecified atom stereocenters. The number of aryl methyl sites for hydroxylation is 1. The Hall–Kier alpha value is -4.02. The van der Waals surface area contributed by atoms with Crippen molar-refractivity contribution in [3.63, 3.8) is 0 Å². The van der Waals surface area contributed by atoms with E-state index in [0.29, 0.717) is 43.9 Å². The Morgan fingerprint density at radius 1 is 1.00 bits per heavy atom. The van der Waals surface area contributed by atoms with E-state index in [9.17, 15) is 19.6 Å². The number of para-hydroxylation sites is 1. The van der Waals surface area contributed by atoms with E-state index < -0.39 is 22.6 Å². The molecule has 1 saturated heterocycles. The summed E-state index contributed by atoms with van der Waals surface area (Å²) < 4.78 is 11.7. The van der Waals surface area contributed by atoms with E-state index in [1.54, 1.807) is 29.7 Å². The van der Waals surface area contributed by atoms with Crippen LogP contribution in [-0.4, -0.2) is 62.6 Å². The Bertz CT molecular complexity index is 1470. The van der Waals surface area contributed by atoms with Crippen LogP contribution in [0.15, 0.2) is 54.6 Å². The number of pyridine rings is 1. The van der Waals surface area contributed by atoms with Crippen LogP contribution in [0.5, 0.6) is 5.75 Å². The van der Waals surface area contributed by atoms with Gasteiger partial charge in [0.2, 0.25) is 5.91 Å². The number of carbonyl (C=O) groups is 3. The maximum atomic E-state index is 13.4. The lowest BCUT2D eigenvalue weighted by Gasteiger charge is -2.47. The number of nitrogens with one attached hydrogen (secondary N) is 2. The molecule has 2 aromatic carbocycles. The maximum Gasteiger partial charge on any atom is 0.326 e. The number of nitrogens with zero attached hydrogens (tertiary/aromatic N) is 2. The predicted molar refractivity (Wildman–Crippen MR) is 163 cm³/mol. The first-order valence-electron chi connectivity index (χ1n) is 14.5. The third-order valence-corrected chi connectivity index (χ3v) is 7.85. The number of hydrogen-bond donors (Lipinski definition) is 3. The number of hydrogen-bond acceptors (Lipinski definition) is 8. The third-order valence-electron chi connectivity index (χ3n) is 7.85. The van der Waals surface area contributed by atoms with Crippen LogP contribution in [0.4, 0.5) is 0 Å². The molecule has 10 nitrogen and oxygen atoms in total. The number of rotatable bonds is 9. The highest BCUT2D eigenvalue weighted by molar-refractivity contribution is 5.95. The van der Waals surface area contributed by atoms with Crippen molar-refractivity contribution in [1.82, 2.24) is 20.7 Å². The Labute approximate surface area is 252 Å². The lowest BCUT2D eigenvalue weighted by atomic mass is 9.82. The molecule has 10 heteroatoms. The monoisotopic (exact) mass is 590 g/mol. The normalized spacial score (nSPS) is 15.5. The van der Waals surface area contributed by atoms with Gasteiger partial charge in [0, 0.05) is 35.3 Å². The summed E-state index contributed by atoms with van der Waals surface area (Å²) in [5, 5.41) is 13.3. The van der Waals surface area contributed by atoms with Crippen LogP contribution in [0.1, 0.15) is 75.5 Å². The topological polar surface area (TPSA) is 130 Å². The highest BCUT2D eigenvalue weighted by Gasteiger charge is 2.45. The van der Waals surface area contributed by atoms with Gasteiger partial charge in [-0.15, -0.1) is 0 Å². The van der Waals surface area contributed by atoms with Gasteiger partial charge in [0.05, 0.1) is 17.5 Å². The fourth-order valence-electron chi connectivity index (χ4n) is 5.41. The average Bonchev–Trinajstić information content (AvgIpc) is 2.95. The summed E-state index contributed by atoms with van der Waals surface area (Å²) in [5.41, 5.74) is 2.54. The Morgan fingerprint density at radius 3 is 2.28 bits per heavy atom. The second kappa shape index (κ2) is 12.7. The van der Waals surface area contributed by atoms with Crippen LogP contribution in [0.2, 0.25) is 0 Å². The van der Waals surface area contributed by atoms with Crippen LogP contribution in [-0.2, 0) is 20.9 Å². The maximum absolute atomic E-state index is 13.4. The standard InChI is InChI=1S/C33H42N4O6/c1-22-19-24(26-9-7-8-10-27(26)34-22)21-42-25-13-11-23(12-14-25)29(39)35-33(20-28(38)36-41)15-17-37(18-16-33)32(5,6)30(40)43-31(2,3)4/h7-14,19,41H,15-18,20-21H2,1-6H3,(H,35,39)(H,36,38). The van der Waals surface area contributed by atoms with Crippen LogP contribution in [0, 0.1) is 6.92 Å². The first kappa shape index (κ1) is 31.9. The largest absolute Gasteiger partial charge is 0.489 e. The fraction of sp³-hybridized carbons (Fsp3) is 0.455. The quantitative estimate of drug-likeness (QED) is 0.186. The second-order valence-electron chi connectivity index (χ2n) is 12.7. The lowest BCUT2D eigenvalue weighted by Crippen LogP contribution is -2.62. The number of likely N-dealkylation sites (tertiary alicyclic amines) is 1. The summed E-state index contributed by atoms with van der Waals surface area (Å²) in [5.74, 6) is -0.656. The van der Waals surface area contributed by atoms with E-state index >= 15 is 0 Å². The third kappa shape index (κ3) is 7.88. The molecular formula is C33H42N4O6. The van der Waals surface area contributed by atoms with Crippen molar-refractivity contribution in [2.75, 3.05) is 13.1 Å². The molecule has 230 valence electrons. The molecular weight excluding hydrogens is 548 g/mol. The molecule has 1 aliphatic heterocycles. The van der Waals surface area contributed by atoms with Crippen LogP contribution >= 0.6 is 0 Å². The van der Waals surface area contributed by atoms with Gasteiger partial charge < -0.3 is 14.8 Å². The molecule has 1 aromatic heterocycles. The van der Waals surface area contributed by atoms with Gasteiger partial charge in [-0.3, -0.25) is 29.5 Å². The van der Waals surface area contributed by atoms with Gasteiger partial charge in [0.25, 0.3) is 5.91 Å². The van der Waals surface area contributed by atoms with E-state index in [4.69, 9.17) is 9.47 Å². The zero-order chi connectivity index (χ0) is 31.4. The van der Waals surface area contributed by atoms with Crippen molar-refractivity contribution in [3.8, 4) is 5.75 Å². The minimum atomic E-state index is -0.903. The smallest absolute Gasteiger partial charge is 0.326 e. The Kier molecular flexibility index (Phi) is 9.41. The number of esters is 1. The number of fused-ring (bicyclic) bond motifs is 1. The van der Waals surface area contributed by atoms with Crippen LogP contribution in [0.25, 0.3) is 10.9 Å². The highest BCUT2D eigenvalue weighted by atomic mass is 16.6. The molecule has 2 amide bonds. The molecule has 0 atom stereocenters. The number of piperidine rings is 1.